The predicted octanol–water partition coefficient (Wildman–Crippen LogP) is 3.60. The maximum absolute atomic E-state index is 6.13. The molecule has 19 heavy (non-hydrogen) atoms. The summed E-state index contributed by atoms with van der Waals surface area (Å²) in [6, 6.07) is 6.35. The average Bonchev–Trinajstić information content (AvgIpc) is 2.38. The van der Waals surface area contributed by atoms with Gasteiger partial charge < -0.3 is 16.0 Å². The van der Waals surface area contributed by atoms with Crippen molar-refractivity contribution in [3.05, 3.63) is 23.2 Å². The summed E-state index contributed by atoms with van der Waals surface area (Å²) in [7, 11) is 0. The summed E-state index contributed by atoms with van der Waals surface area (Å²) in [5.41, 5.74) is 7.36. The average molecular weight is 282 g/mol. The summed E-state index contributed by atoms with van der Waals surface area (Å²) in [5, 5.41) is 4.08. The van der Waals surface area contributed by atoms with Crippen molar-refractivity contribution in [1.29, 1.82) is 0 Å². The van der Waals surface area contributed by atoms with Gasteiger partial charge in [-0.25, -0.2) is 0 Å². The molecule has 1 unspecified atom stereocenters. The molecule has 0 aliphatic carbocycles. The monoisotopic (exact) mass is 281 g/mol. The molecule has 0 aromatic heterocycles. The van der Waals surface area contributed by atoms with Crippen molar-refractivity contribution in [1.82, 2.24) is 4.90 Å². The van der Waals surface area contributed by atoms with Crippen LogP contribution in [0, 0.1) is 0 Å². The molecule has 1 atom stereocenters. The van der Waals surface area contributed by atoms with Crippen molar-refractivity contribution in [3.8, 4) is 0 Å². The van der Waals surface area contributed by atoms with Crippen LogP contribution in [0.15, 0.2) is 18.2 Å². The summed E-state index contributed by atoms with van der Waals surface area (Å²) in [4.78, 5) is 2.59. The van der Waals surface area contributed by atoms with E-state index in [1.807, 2.05) is 12.1 Å². The number of halogens is 1. The summed E-state index contributed by atoms with van der Waals surface area (Å²) >= 11 is 6.13. The summed E-state index contributed by atoms with van der Waals surface area (Å²) < 4.78 is 0. The van der Waals surface area contributed by atoms with Crippen LogP contribution in [0.4, 0.5) is 11.4 Å². The van der Waals surface area contributed by atoms with Crippen LogP contribution in [-0.2, 0) is 0 Å². The first-order valence-corrected chi connectivity index (χ1v) is 7.57. The first kappa shape index (κ1) is 14.5. The quantitative estimate of drug-likeness (QED) is 0.640. The van der Waals surface area contributed by atoms with E-state index < -0.39 is 0 Å². The molecule has 0 spiro atoms. The molecule has 1 saturated heterocycles. The Kier molecular flexibility index (Phi) is 5.34. The zero-order valence-corrected chi connectivity index (χ0v) is 12.4. The maximum Gasteiger partial charge on any atom is 0.0657 e. The van der Waals surface area contributed by atoms with Crippen molar-refractivity contribution >= 4 is 23.0 Å². The van der Waals surface area contributed by atoms with Crippen LogP contribution in [0.2, 0.25) is 5.02 Å². The topological polar surface area (TPSA) is 41.3 Å². The maximum atomic E-state index is 6.13. The van der Waals surface area contributed by atoms with E-state index in [1.165, 1.54) is 32.4 Å². The molecule has 0 saturated carbocycles. The minimum Gasteiger partial charge on any atom is -0.399 e. The number of anilines is 2. The Bertz CT molecular complexity index is 408. The molecule has 1 heterocycles. The first-order valence-electron chi connectivity index (χ1n) is 7.20. The number of nitrogens with zero attached hydrogens (tertiary/aromatic N) is 1. The fourth-order valence-corrected chi connectivity index (χ4v) is 2.93. The third-order valence-electron chi connectivity index (χ3n) is 3.87. The molecule has 1 aliphatic rings. The second kappa shape index (κ2) is 7.01. The van der Waals surface area contributed by atoms with Crippen molar-refractivity contribution in [2.24, 2.45) is 0 Å². The second-order valence-electron chi connectivity index (χ2n) is 5.40. The highest BCUT2D eigenvalue weighted by atomic mass is 35.5. The number of benzene rings is 1. The molecule has 3 N–H and O–H groups in total. The largest absolute Gasteiger partial charge is 0.399 e. The van der Waals surface area contributed by atoms with Crippen LogP contribution >= 0.6 is 11.6 Å². The fraction of sp³-hybridized carbons (Fsp3) is 0.600. The molecule has 1 aromatic carbocycles. The van der Waals surface area contributed by atoms with E-state index >= 15 is 0 Å². The van der Waals surface area contributed by atoms with Crippen LogP contribution in [0.1, 0.15) is 32.6 Å². The molecule has 4 heteroatoms. The second-order valence-corrected chi connectivity index (χ2v) is 5.81. The Morgan fingerprint density at radius 3 is 3.00 bits per heavy atom. The van der Waals surface area contributed by atoms with Gasteiger partial charge in [0.15, 0.2) is 0 Å². The number of piperidine rings is 1. The number of rotatable bonds is 5. The van der Waals surface area contributed by atoms with Gasteiger partial charge in [-0.3, -0.25) is 0 Å². The molecule has 1 aliphatic heterocycles. The standard InChI is InChI=1S/C15H24ClN3/c1-12-5-2-3-9-19(12)10-4-8-18-15-7-6-13(17)11-14(15)16/h6-7,11-12,18H,2-5,8-10,17H2,1H3. The molecule has 1 fully saturated rings. The number of nitrogen functional groups attached to an aromatic ring is 1. The first-order chi connectivity index (χ1) is 9.16. The van der Waals surface area contributed by atoms with Crippen molar-refractivity contribution in [3.63, 3.8) is 0 Å². The van der Waals surface area contributed by atoms with Crippen LogP contribution in [0.5, 0.6) is 0 Å². The van der Waals surface area contributed by atoms with Crippen LogP contribution in [0.3, 0.4) is 0 Å². The molecule has 0 amide bonds. The van der Waals surface area contributed by atoms with Crippen molar-refractivity contribution in [2.75, 3.05) is 30.7 Å². The summed E-state index contributed by atoms with van der Waals surface area (Å²) in [6.45, 7) is 5.71. The normalized spacial score (nSPS) is 20.4. The third kappa shape index (κ3) is 4.29. The number of hydrogen-bond acceptors (Lipinski definition) is 3. The number of hydrogen-bond donors (Lipinski definition) is 2. The molecular formula is C15H24ClN3. The minimum atomic E-state index is 0.700. The highest BCUT2D eigenvalue weighted by Crippen LogP contribution is 2.24. The molecule has 0 bridgehead atoms. The Morgan fingerprint density at radius 1 is 1.42 bits per heavy atom. The highest BCUT2D eigenvalue weighted by molar-refractivity contribution is 6.33. The zero-order chi connectivity index (χ0) is 13.7. The van der Waals surface area contributed by atoms with E-state index in [1.54, 1.807) is 6.07 Å². The highest BCUT2D eigenvalue weighted by Gasteiger charge is 2.16. The van der Waals surface area contributed by atoms with E-state index in [0.717, 1.165) is 24.7 Å². The SMILES string of the molecule is CC1CCCCN1CCCNc1ccc(N)cc1Cl. The molecule has 106 valence electrons. The smallest absolute Gasteiger partial charge is 0.0657 e. The van der Waals surface area contributed by atoms with Crippen LogP contribution < -0.4 is 11.1 Å². The molecule has 3 nitrogen and oxygen atoms in total. The Morgan fingerprint density at radius 2 is 2.26 bits per heavy atom. The van der Waals surface area contributed by atoms with E-state index in [-0.39, 0.29) is 0 Å². The third-order valence-corrected chi connectivity index (χ3v) is 4.18. The lowest BCUT2D eigenvalue weighted by Crippen LogP contribution is -2.38. The predicted molar refractivity (Wildman–Crippen MR) is 83.9 cm³/mol. The number of nitrogens with one attached hydrogen (secondary N) is 1. The van der Waals surface area contributed by atoms with Gasteiger partial charge in [0.25, 0.3) is 0 Å². The number of likely N-dealkylation sites (tertiary alicyclic amines) is 1. The Balaban J connectivity index is 1.71. The summed E-state index contributed by atoms with van der Waals surface area (Å²) in [6.07, 6.45) is 5.22. The lowest BCUT2D eigenvalue weighted by molar-refractivity contribution is 0.160. The van der Waals surface area contributed by atoms with E-state index in [4.69, 9.17) is 17.3 Å². The minimum absolute atomic E-state index is 0.700. The van der Waals surface area contributed by atoms with Gasteiger partial charge in [-0.05, 0) is 50.9 Å². The van der Waals surface area contributed by atoms with Crippen LogP contribution in [0.25, 0.3) is 0 Å². The molecule has 2 rings (SSSR count). The van der Waals surface area contributed by atoms with Crippen molar-refractivity contribution < 1.29 is 0 Å². The van der Waals surface area contributed by atoms with Crippen LogP contribution in [-0.4, -0.2) is 30.6 Å². The fourth-order valence-electron chi connectivity index (χ4n) is 2.67. The zero-order valence-electron chi connectivity index (χ0n) is 11.7. The van der Waals surface area contributed by atoms with Gasteiger partial charge in [0.05, 0.1) is 10.7 Å². The molecule has 1 aromatic rings. The Labute approximate surface area is 121 Å². The van der Waals surface area contributed by atoms with E-state index in [2.05, 4.69) is 17.1 Å². The lowest BCUT2D eigenvalue weighted by atomic mass is 10.0. The van der Waals surface area contributed by atoms with Gasteiger partial charge in [0.2, 0.25) is 0 Å². The molecule has 0 radical (unpaired) electrons. The number of nitrogens with two attached hydrogens (primary N) is 1. The molecular weight excluding hydrogens is 258 g/mol. The van der Waals surface area contributed by atoms with Gasteiger partial charge in [0.1, 0.15) is 0 Å². The van der Waals surface area contributed by atoms with Gasteiger partial charge in [-0.1, -0.05) is 18.0 Å². The van der Waals surface area contributed by atoms with E-state index in [0.29, 0.717) is 10.7 Å². The lowest BCUT2D eigenvalue weighted by Gasteiger charge is -2.33. The van der Waals surface area contributed by atoms with Gasteiger partial charge >= 0.3 is 0 Å². The van der Waals surface area contributed by atoms with Gasteiger partial charge in [0, 0.05) is 24.8 Å². The van der Waals surface area contributed by atoms with Crippen molar-refractivity contribution in [2.45, 2.75) is 38.6 Å². The summed E-state index contributed by atoms with van der Waals surface area (Å²) in [5.74, 6) is 0. The van der Waals surface area contributed by atoms with E-state index in [9.17, 15) is 0 Å². The Hall–Kier alpha value is -0.930. The van der Waals surface area contributed by atoms with Gasteiger partial charge in [-0.15, -0.1) is 0 Å². The van der Waals surface area contributed by atoms with Gasteiger partial charge in [-0.2, -0.15) is 0 Å².